The molecule has 0 heterocycles. The van der Waals surface area contributed by atoms with Crippen LogP contribution in [-0.4, -0.2) is 33.0 Å². The fourth-order valence-corrected chi connectivity index (χ4v) is 2.27. The number of hydrogen-bond donors (Lipinski definition) is 1. The number of benzene rings is 2. The lowest BCUT2D eigenvalue weighted by Crippen LogP contribution is -2.18. The van der Waals surface area contributed by atoms with Gasteiger partial charge >= 0.3 is 6.61 Å². The van der Waals surface area contributed by atoms with E-state index in [-0.39, 0.29) is 27.8 Å². The molecule has 26 heavy (non-hydrogen) atoms. The summed E-state index contributed by atoms with van der Waals surface area (Å²) in [6.45, 7) is -3.03. The van der Waals surface area contributed by atoms with Crippen LogP contribution in [0.1, 0.15) is 15.9 Å². The maximum atomic E-state index is 12.5. The van der Waals surface area contributed by atoms with Crippen molar-refractivity contribution < 1.29 is 27.8 Å². The summed E-state index contributed by atoms with van der Waals surface area (Å²) in [5, 5.41) is 4.11. The average molecular weight is 385 g/mol. The molecule has 0 saturated carbocycles. The fourth-order valence-electron chi connectivity index (χ4n) is 2.05. The molecule has 0 atom stereocenters. The Hall–Kier alpha value is -2.87. The van der Waals surface area contributed by atoms with E-state index in [4.69, 9.17) is 21.1 Å². The van der Waals surface area contributed by atoms with Crippen molar-refractivity contribution in [2.45, 2.75) is 6.61 Å². The van der Waals surface area contributed by atoms with Crippen LogP contribution in [0.5, 0.6) is 17.2 Å². The zero-order valence-electron chi connectivity index (χ0n) is 13.8. The Morgan fingerprint density at radius 3 is 2.35 bits per heavy atom. The molecular weight excluding hydrogens is 370 g/mol. The highest BCUT2D eigenvalue weighted by Crippen LogP contribution is 2.39. The molecular formula is C17H15ClF2N2O4. The highest BCUT2D eigenvalue weighted by atomic mass is 35.5. The van der Waals surface area contributed by atoms with Crippen LogP contribution in [0.15, 0.2) is 41.5 Å². The summed E-state index contributed by atoms with van der Waals surface area (Å²) >= 11 is 5.93. The van der Waals surface area contributed by atoms with Gasteiger partial charge in [-0.2, -0.15) is 13.9 Å². The number of rotatable bonds is 7. The van der Waals surface area contributed by atoms with Gasteiger partial charge in [-0.1, -0.05) is 23.7 Å². The van der Waals surface area contributed by atoms with E-state index in [1.165, 1.54) is 32.6 Å². The van der Waals surface area contributed by atoms with Crippen LogP contribution in [0, 0.1) is 0 Å². The summed E-state index contributed by atoms with van der Waals surface area (Å²) < 4.78 is 39.5. The highest BCUT2D eigenvalue weighted by molar-refractivity contribution is 6.33. The minimum atomic E-state index is -3.03. The molecule has 0 radical (unpaired) electrons. The van der Waals surface area contributed by atoms with Gasteiger partial charge in [-0.25, -0.2) is 5.43 Å². The Bertz CT molecular complexity index is 790. The number of carbonyl (C=O) groups is 1. The molecule has 9 heteroatoms. The quantitative estimate of drug-likeness (QED) is 0.583. The number of amides is 1. The second-order valence-electron chi connectivity index (χ2n) is 4.81. The molecule has 0 aliphatic carbocycles. The largest absolute Gasteiger partial charge is 0.493 e. The summed E-state index contributed by atoms with van der Waals surface area (Å²) in [6.07, 6.45) is 1.30. The van der Waals surface area contributed by atoms with E-state index >= 15 is 0 Å². The monoisotopic (exact) mass is 384 g/mol. The van der Waals surface area contributed by atoms with Gasteiger partial charge in [0.05, 0.1) is 31.0 Å². The molecule has 1 N–H and O–H groups in total. The Kier molecular flexibility index (Phi) is 6.74. The van der Waals surface area contributed by atoms with Crippen LogP contribution in [-0.2, 0) is 0 Å². The Labute approximate surface area is 153 Å². The van der Waals surface area contributed by atoms with Gasteiger partial charge in [0.2, 0.25) is 5.75 Å². The van der Waals surface area contributed by atoms with Crippen LogP contribution in [0.2, 0.25) is 5.02 Å². The molecule has 0 aromatic heterocycles. The van der Waals surface area contributed by atoms with Gasteiger partial charge in [0, 0.05) is 5.56 Å². The van der Waals surface area contributed by atoms with Gasteiger partial charge in [-0.05, 0) is 24.3 Å². The van der Waals surface area contributed by atoms with E-state index in [1.807, 2.05) is 0 Å². The number of ether oxygens (including phenoxy) is 3. The minimum absolute atomic E-state index is 0.0310. The van der Waals surface area contributed by atoms with Gasteiger partial charge < -0.3 is 14.2 Å². The first-order valence-electron chi connectivity index (χ1n) is 7.25. The molecule has 0 fully saturated rings. The van der Waals surface area contributed by atoms with Crippen LogP contribution >= 0.6 is 11.6 Å². The molecule has 138 valence electrons. The summed E-state index contributed by atoms with van der Waals surface area (Å²) in [7, 11) is 2.60. The van der Waals surface area contributed by atoms with Crippen molar-refractivity contribution in [3.05, 3.63) is 52.5 Å². The highest BCUT2D eigenvalue weighted by Gasteiger charge is 2.17. The first kappa shape index (κ1) is 19.5. The molecule has 2 rings (SSSR count). The van der Waals surface area contributed by atoms with Crippen molar-refractivity contribution >= 4 is 23.7 Å². The van der Waals surface area contributed by atoms with E-state index in [1.54, 1.807) is 24.3 Å². The second-order valence-corrected chi connectivity index (χ2v) is 5.22. The van der Waals surface area contributed by atoms with Crippen LogP contribution in [0.4, 0.5) is 8.78 Å². The molecule has 1 amide bonds. The number of nitrogens with zero attached hydrogens (tertiary/aromatic N) is 1. The maximum Gasteiger partial charge on any atom is 0.387 e. The van der Waals surface area contributed by atoms with Gasteiger partial charge in [-0.3, -0.25) is 4.79 Å². The summed E-state index contributed by atoms with van der Waals surface area (Å²) in [5.74, 6) is -0.669. The fraction of sp³-hybridized carbons (Fsp3) is 0.176. The third kappa shape index (κ3) is 4.82. The maximum absolute atomic E-state index is 12.5. The lowest BCUT2D eigenvalue weighted by molar-refractivity contribution is -0.0526. The molecule has 0 spiro atoms. The van der Waals surface area contributed by atoms with Crippen LogP contribution < -0.4 is 19.6 Å². The topological polar surface area (TPSA) is 69.2 Å². The zero-order valence-corrected chi connectivity index (χ0v) is 14.6. The average Bonchev–Trinajstić information content (AvgIpc) is 2.62. The van der Waals surface area contributed by atoms with Gasteiger partial charge in [0.25, 0.3) is 5.91 Å². The Morgan fingerprint density at radius 1 is 1.19 bits per heavy atom. The predicted octanol–water partition coefficient (Wildman–Crippen LogP) is 3.72. The lowest BCUT2D eigenvalue weighted by atomic mass is 10.2. The van der Waals surface area contributed by atoms with Crippen LogP contribution in [0.3, 0.4) is 0 Å². The number of hydrazone groups is 1. The van der Waals surface area contributed by atoms with Crippen molar-refractivity contribution in [2.75, 3.05) is 14.2 Å². The van der Waals surface area contributed by atoms with Gasteiger partial charge in [0.1, 0.15) is 0 Å². The number of halogens is 3. The van der Waals surface area contributed by atoms with E-state index in [0.29, 0.717) is 5.56 Å². The van der Waals surface area contributed by atoms with Crippen molar-refractivity contribution in [1.82, 2.24) is 5.43 Å². The lowest BCUT2D eigenvalue weighted by Gasteiger charge is -2.14. The number of alkyl halides is 2. The molecule has 0 unspecified atom stereocenters. The third-order valence-electron chi connectivity index (χ3n) is 3.19. The number of nitrogens with one attached hydrogen (secondary N) is 1. The Morgan fingerprint density at radius 2 is 1.81 bits per heavy atom. The number of carbonyl (C=O) groups excluding carboxylic acids is 1. The first-order chi connectivity index (χ1) is 12.5. The number of hydrogen-bond acceptors (Lipinski definition) is 5. The van der Waals surface area contributed by atoms with Crippen LogP contribution in [0.25, 0.3) is 0 Å². The predicted molar refractivity (Wildman–Crippen MR) is 92.7 cm³/mol. The van der Waals surface area contributed by atoms with Gasteiger partial charge in [-0.15, -0.1) is 0 Å². The van der Waals surface area contributed by atoms with E-state index in [0.717, 1.165) is 0 Å². The zero-order chi connectivity index (χ0) is 19.1. The Balaban J connectivity index is 2.19. The van der Waals surface area contributed by atoms with Crippen molar-refractivity contribution in [2.24, 2.45) is 5.10 Å². The van der Waals surface area contributed by atoms with Crippen molar-refractivity contribution in [3.8, 4) is 17.2 Å². The SMILES string of the molecule is COc1cc(/C=N\NC(=O)c2ccccc2Cl)cc(OC)c1OC(F)F. The second kappa shape index (κ2) is 9.00. The third-order valence-corrected chi connectivity index (χ3v) is 3.52. The normalized spacial score (nSPS) is 10.8. The molecule has 6 nitrogen and oxygen atoms in total. The number of methoxy groups -OCH3 is 2. The summed E-state index contributed by atoms with van der Waals surface area (Å²) in [4.78, 5) is 12.0. The molecule has 0 bridgehead atoms. The molecule has 0 aliphatic heterocycles. The minimum Gasteiger partial charge on any atom is -0.493 e. The van der Waals surface area contributed by atoms with Crippen molar-refractivity contribution in [1.29, 1.82) is 0 Å². The smallest absolute Gasteiger partial charge is 0.387 e. The standard InChI is InChI=1S/C17H15ClF2N2O4/c1-24-13-7-10(8-14(25-2)15(13)26-17(19)20)9-21-22-16(23)11-5-3-4-6-12(11)18/h3-9,17H,1-2H3,(H,22,23)/b21-9-. The van der Waals surface area contributed by atoms with E-state index in [2.05, 4.69) is 15.3 Å². The summed E-state index contributed by atoms with van der Waals surface area (Å²) in [5.41, 5.74) is 3.02. The van der Waals surface area contributed by atoms with E-state index < -0.39 is 12.5 Å². The van der Waals surface area contributed by atoms with Gasteiger partial charge in [0.15, 0.2) is 11.5 Å². The first-order valence-corrected chi connectivity index (χ1v) is 7.62. The van der Waals surface area contributed by atoms with E-state index in [9.17, 15) is 13.6 Å². The molecule has 2 aromatic carbocycles. The molecule has 0 saturated heterocycles. The molecule has 2 aromatic rings. The molecule has 0 aliphatic rings. The summed E-state index contributed by atoms with van der Waals surface area (Å²) in [6, 6.07) is 9.32. The van der Waals surface area contributed by atoms with Crippen molar-refractivity contribution in [3.63, 3.8) is 0 Å².